The summed E-state index contributed by atoms with van der Waals surface area (Å²) in [7, 11) is 0. The molecule has 1 heterocycles. The van der Waals surface area contributed by atoms with Gasteiger partial charge in [0.25, 0.3) is 0 Å². The number of nitrogens with one attached hydrogen (secondary N) is 1. The van der Waals surface area contributed by atoms with E-state index in [2.05, 4.69) is 36.5 Å². The molecule has 2 fully saturated rings. The van der Waals surface area contributed by atoms with Gasteiger partial charge in [-0.05, 0) is 38.3 Å². The van der Waals surface area contributed by atoms with Crippen molar-refractivity contribution in [3.63, 3.8) is 0 Å². The largest absolute Gasteiger partial charge is 0.389 e. The van der Waals surface area contributed by atoms with Crippen molar-refractivity contribution in [1.29, 1.82) is 0 Å². The number of aryl methyl sites for hydroxylation is 1. The lowest BCUT2D eigenvalue weighted by Crippen LogP contribution is -2.53. The van der Waals surface area contributed by atoms with E-state index in [1.165, 1.54) is 24.0 Å². The molecule has 2 heteroatoms. The quantitative estimate of drug-likeness (QED) is 0.797. The van der Waals surface area contributed by atoms with Crippen LogP contribution in [0.25, 0.3) is 0 Å². The third-order valence-electron chi connectivity index (χ3n) is 4.83. The summed E-state index contributed by atoms with van der Waals surface area (Å²) in [6, 6.07) is 9.12. The Labute approximate surface area is 109 Å². The summed E-state index contributed by atoms with van der Waals surface area (Å²) in [4.78, 5) is 0. The number of rotatable bonds is 1. The lowest BCUT2D eigenvalue weighted by Gasteiger charge is -2.48. The maximum Gasteiger partial charge on any atom is 0.0706 e. The first-order valence-corrected chi connectivity index (χ1v) is 7.21. The van der Waals surface area contributed by atoms with E-state index in [1.54, 1.807) is 0 Å². The molecule has 2 aliphatic rings. The van der Waals surface area contributed by atoms with Crippen LogP contribution < -0.4 is 5.32 Å². The maximum atomic E-state index is 10.8. The third kappa shape index (κ3) is 2.08. The normalized spacial score (nSPS) is 36.1. The molecule has 2 unspecified atom stereocenters. The van der Waals surface area contributed by atoms with Gasteiger partial charge in [-0.1, -0.05) is 42.7 Å². The molecular formula is C16H23NO. The summed E-state index contributed by atoms with van der Waals surface area (Å²) in [5, 5.41) is 14.5. The monoisotopic (exact) mass is 245 g/mol. The molecule has 0 radical (unpaired) electrons. The Morgan fingerprint density at radius 1 is 1.17 bits per heavy atom. The van der Waals surface area contributed by atoms with Gasteiger partial charge in [0.1, 0.15) is 0 Å². The van der Waals surface area contributed by atoms with E-state index in [0.29, 0.717) is 12.0 Å². The zero-order valence-electron chi connectivity index (χ0n) is 11.2. The molecule has 2 nitrogen and oxygen atoms in total. The average molecular weight is 245 g/mol. The van der Waals surface area contributed by atoms with Crippen LogP contribution >= 0.6 is 0 Å². The lowest BCUT2D eigenvalue weighted by atomic mass is 9.67. The van der Waals surface area contributed by atoms with Crippen LogP contribution in [-0.4, -0.2) is 17.3 Å². The van der Waals surface area contributed by atoms with Gasteiger partial charge in [-0.25, -0.2) is 0 Å². The first kappa shape index (κ1) is 12.2. The Balaban J connectivity index is 1.88. The van der Waals surface area contributed by atoms with Crippen LogP contribution in [0.3, 0.4) is 0 Å². The summed E-state index contributed by atoms with van der Waals surface area (Å²) in [5.74, 6) is 0.391. The van der Waals surface area contributed by atoms with E-state index < -0.39 is 5.60 Å². The van der Waals surface area contributed by atoms with Gasteiger partial charge in [0.05, 0.1) is 5.60 Å². The number of benzene rings is 1. The molecule has 0 bridgehead atoms. The molecule has 98 valence electrons. The van der Waals surface area contributed by atoms with Gasteiger partial charge in [-0.3, -0.25) is 0 Å². The highest BCUT2D eigenvalue weighted by Crippen LogP contribution is 2.45. The fraction of sp³-hybridized carbons (Fsp3) is 0.625. The van der Waals surface area contributed by atoms with Crippen molar-refractivity contribution >= 4 is 0 Å². The van der Waals surface area contributed by atoms with Gasteiger partial charge < -0.3 is 10.4 Å². The fourth-order valence-corrected chi connectivity index (χ4v) is 3.75. The van der Waals surface area contributed by atoms with E-state index in [1.807, 2.05) is 0 Å². The second-order valence-electron chi connectivity index (χ2n) is 6.05. The van der Waals surface area contributed by atoms with Crippen LogP contribution in [0.5, 0.6) is 0 Å². The van der Waals surface area contributed by atoms with E-state index in [0.717, 1.165) is 25.8 Å². The lowest BCUT2D eigenvalue weighted by molar-refractivity contribution is -0.0861. The summed E-state index contributed by atoms with van der Waals surface area (Å²) in [6.07, 6.45) is 5.51. The molecule has 2 N–H and O–H groups in total. The van der Waals surface area contributed by atoms with E-state index in [-0.39, 0.29) is 0 Å². The minimum atomic E-state index is -0.418. The van der Waals surface area contributed by atoms with Gasteiger partial charge in [0, 0.05) is 12.0 Å². The third-order valence-corrected chi connectivity index (χ3v) is 4.83. The minimum absolute atomic E-state index is 0.338. The number of aliphatic hydroxyl groups is 1. The second kappa shape index (κ2) is 4.67. The first-order chi connectivity index (χ1) is 8.69. The van der Waals surface area contributed by atoms with Crippen molar-refractivity contribution < 1.29 is 5.11 Å². The van der Waals surface area contributed by atoms with Crippen molar-refractivity contribution in [3.05, 3.63) is 35.4 Å². The highest BCUT2D eigenvalue weighted by Gasteiger charge is 2.45. The zero-order chi connectivity index (χ0) is 12.6. The summed E-state index contributed by atoms with van der Waals surface area (Å²) < 4.78 is 0. The molecule has 0 aromatic heterocycles. The van der Waals surface area contributed by atoms with Crippen LogP contribution in [0, 0.1) is 12.8 Å². The molecule has 0 amide bonds. The fourth-order valence-electron chi connectivity index (χ4n) is 3.75. The van der Waals surface area contributed by atoms with Crippen LogP contribution in [0.4, 0.5) is 0 Å². The van der Waals surface area contributed by atoms with E-state index >= 15 is 0 Å². The molecule has 3 atom stereocenters. The molecule has 1 aromatic carbocycles. The van der Waals surface area contributed by atoms with E-state index in [9.17, 15) is 5.11 Å². The van der Waals surface area contributed by atoms with Crippen molar-refractivity contribution in [2.24, 2.45) is 5.92 Å². The van der Waals surface area contributed by atoms with Crippen LogP contribution in [0.15, 0.2) is 24.3 Å². The smallest absolute Gasteiger partial charge is 0.0706 e. The molecule has 3 rings (SSSR count). The molecular weight excluding hydrogens is 222 g/mol. The number of hydrogen-bond acceptors (Lipinski definition) is 2. The van der Waals surface area contributed by atoms with Gasteiger partial charge in [-0.2, -0.15) is 0 Å². The van der Waals surface area contributed by atoms with E-state index in [4.69, 9.17) is 0 Å². The molecule has 1 aliphatic carbocycles. The molecule has 1 saturated carbocycles. The molecule has 1 aromatic rings. The standard InChI is InChI=1S/C16H23NO/c1-12-5-7-13(8-6-12)15-14-4-2-3-9-16(14,18)10-11-17-15/h5-8,14-15,17-18H,2-4,9-11H2,1H3/t14?,15-,16?/m0/s1. The Morgan fingerprint density at radius 2 is 1.94 bits per heavy atom. The highest BCUT2D eigenvalue weighted by atomic mass is 16.3. The van der Waals surface area contributed by atoms with Gasteiger partial charge in [0.15, 0.2) is 0 Å². The van der Waals surface area contributed by atoms with Crippen LogP contribution in [0.1, 0.15) is 49.3 Å². The Hall–Kier alpha value is -0.860. The SMILES string of the molecule is Cc1ccc([C@@H]2NCCC3(O)CCCCC23)cc1. The Kier molecular flexibility index (Phi) is 3.16. The Morgan fingerprint density at radius 3 is 2.72 bits per heavy atom. The maximum absolute atomic E-state index is 10.8. The molecule has 1 saturated heterocycles. The summed E-state index contributed by atoms with van der Waals surface area (Å²) >= 11 is 0. The van der Waals surface area contributed by atoms with Crippen LogP contribution in [0.2, 0.25) is 0 Å². The predicted molar refractivity (Wildman–Crippen MR) is 73.4 cm³/mol. The number of hydrogen-bond donors (Lipinski definition) is 2. The Bertz CT molecular complexity index is 410. The van der Waals surface area contributed by atoms with Gasteiger partial charge >= 0.3 is 0 Å². The number of fused-ring (bicyclic) bond motifs is 1. The minimum Gasteiger partial charge on any atom is -0.389 e. The average Bonchev–Trinajstić information content (AvgIpc) is 2.38. The van der Waals surface area contributed by atoms with Gasteiger partial charge in [0.2, 0.25) is 0 Å². The summed E-state index contributed by atoms with van der Waals surface area (Å²) in [5.41, 5.74) is 2.22. The number of piperidine rings is 1. The summed E-state index contributed by atoms with van der Waals surface area (Å²) in [6.45, 7) is 3.06. The molecule has 18 heavy (non-hydrogen) atoms. The van der Waals surface area contributed by atoms with Crippen LogP contribution in [-0.2, 0) is 0 Å². The van der Waals surface area contributed by atoms with Crippen molar-refractivity contribution in [2.75, 3.05) is 6.54 Å². The van der Waals surface area contributed by atoms with Crippen molar-refractivity contribution in [2.45, 2.75) is 50.7 Å². The van der Waals surface area contributed by atoms with Crippen molar-refractivity contribution in [1.82, 2.24) is 5.32 Å². The first-order valence-electron chi connectivity index (χ1n) is 7.21. The highest BCUT2D eigenvalue weighted by molar-refractivity contribution is 5.26. The molecule has 0 spiro atoms. The van der Waals surface area contributed by atoms with Gasteiger partial charge in [-0.15, -0.1) is 0 Å². The molecule has 1 aliphatic heterocycles. The second-order valence-corrected chi connectivity index (χ2v) is 6.05. The topological polar surface area (TPSA) is 32.3 Å². The van der Waals surface area contributed by atoms with Crippen molar-refractivity contribution in [3.8, 4) is 0 Å². The predicted octanol–water partition coefficient (Wildman–Crippen LogP) is 2.95. The zero-order valence-corrected chi connectivity index (χ0v) is 11.2.